The van der Waals surface area contributed by atoms with Gasteiger partial charge in [-0.25, -0.2) is 0 Å². The molecule has 4 rings (SSSR count). The fourth-order valence-corrected chi connectivity index (χ4v) is 7.40. The predicted molar refractivity (Wildman–Crippen MR) is 127 cm³/mol. The van der Waals surface area contributed by atoms with E-state index in [0.29, 0.717) is 34.2 Å². The zero-order valence-electron chi connectivity index (χ0n) is 17.1. The molecule has 166 valence electrons. The maximum absolute atomic E-state index is 13.9. The van der Waals surface area contributed by atoms with Crippen molar-refractivity contribution in [3.05, 3.63) is 35.8 Å². The molecule has 0 aromatic carbocycles. The molecule has 1 aliphatic carbocycles. The van der Waals surface area contributed by atoms with Crippen molar-refractivity contribution in [2.45, 2.75) is 51.6 Å². The number of halogens is 3. The average molecular weight is 530 g/mol. The van der Waals surface area contributed by atoms with Gasteiger partial charge in [-0.15, -0.1) is 0 Å². The minimum absolute atomic E-state index is 0.207. The first-order valence-electron chi connectivity index (χ1n) is 10.2. The second-order valence-electron chi connectivity index (χ2n) is 7.59. The van der Waals surface area contributed by atoms with Crippen LogP contribution in [0.2, 0.25) is 0 Å². The van der Waals surface area contributed by atoms with Crippen LogP contribution in [0.15, 0.2) is 3.79 Å². The summed E-state index contributed by atoms with van der Waals surface area (Å²) in [5.74, 6) is -2.72. The Kier molecular flexibility index (Phi) is 6.86. The van der Waals surface area contributed by atoms with E-state index in [9.17, 15) is 13.6 Å². The van der Waals surface area contributed by atoms with Gasteiger partial charge in [-0.1, -0.05) is 0 Å². The molecule has 2 aliphatic rings. The van der Waals surface area contributed by atoms with E-state index in [4.69, 9.17) is 4.74 Å². The van der Waals surface area contributed by atoms with E-state index in [1.165, 1.54) is 21.8 Å². The molecule has 0 bridgehead atoms. The van der Waals surface area contributed by atoms with E-state index in [2.05, 4.69) is 39.4 Å². The fourth-order valence-electron chi connectivity index (χ4n) is 4.04. The molecule has 1 aliphatic heterocycles. The molecular formula is C20H23BBrF2N3O2S2. The molecule has 2 amide bonds. The van der Waals surface area contributed by atoms with Crippen LogP contribution in [0.1, 0.15) is 45.4 Å². The monoisotopic (exact) mass is 529 g/mol. The number of alkyl halides is 2. The Labute approximate surface area is 197 Å². The molecule has 11 heteroatoms. The van der Waals surface area contributed by atoms with Gasteiger partial charge in [-0.3, -0.25) is 0 Å². The number of fused-ring (bicyclic) bond motifs is 2. The van der Waals surface area contributed by atoms with Crippen LogP contribution < -0.4 is 16.0 Å². The number of nitrogens with one attached hydrogen (secondary N) is 3. The second-order valence-corrected chi connectivity index (χ2v) is 11.1. The Morgan fingerprint density at radius 2 is 2.10 bits per heavy atom. The number of hydrogen-bond acceptors (Lipinski definition) is 5. The van der Waals surface area contributed by atoms with E-state index in [0.717, 1.165) is 34.4 Å². The van der Waals surface area contributed by atoms with Gasteiger partial charge in [0.05, 0.1) is 0 Å². The zero-order valence-corrected chi connectivity index (χ0v) is 20.3. The summed E-state index contributed by atoms with van der Waals surface area (Å²) < 4.78 is 34.5. The Hall–Kier alpha value is -1.30. The first-order chi connectivity index (χ1) is 14.8. The van der Waals surface area contributed by atoms with Crippen LogP contribution in [0.3, 0.4) is 0 Å². The van der Waals surface area contributed by atoms with Crippen molar-refractivity contribution in [1.82, 2.24) is 10.6 Å². The zero-order chi connectivity index (χ0) is 22.2. The van der Waals surface area contributed by atoms with E-state index in [1.807, 2.05) is 6.92 Å². The van der Waals surface area contributed by atoms with Crippen LogP contribution in [0, 0.1) is 0 Å². The van der Waals surface area contributed by atoms with Crippen LogP contribution in [0.4, 0.5) is 18.6 Å². The predicted octanol–water partition coefficient (Wildman–Crippen LogP) is 4.08. The number of carbonyl (C=O) groups excluding carboxylic acids is 1. The fraction of sp³-hybridized carbons (Fsp3) is 0.500. The Bertz CT molecular complexity index is 1020. The van der Waals surface area contributed by atoms with E-state index in [1.54, 1.807) is 11.3 Å². The Balaban J connectivity index is 1.51. The van der Waals surface area contributed by atoms with E-state index >= 15 is 0 Å². The molecule has 0 saturated heterocycles. The van der Waals surface area contributed by atoms with Gasteiger partial charge >= 0.3 is 198 Å². The van der Waals surface area contributed by atoms with Gasteiger partial charge in [0.1, 0.15) is 0 Å². The first kappa shape index (κ1) is 22.9. The van der Waals surface area contributed by atoms with E-state index in [-0.39, 0.29) is 25.3 Å². The molecule has 0 unspecified atom stereocenters. The van der Waals surface area contributed by atoms with Crippen molar-refractivity contribution in [1.29, 1.82) is 0 Å². The third kappa shape index (κ3) is 4.89. The molecule has 0 fully saturated rings. The molecule has 0 radical (unpaired) electrons. The molecule has 3 heterocycles. The van der Waals surface area contributed by atoms with Crippen molar-refractivity contribution in [3.8, 4) is 0 Å². The number of carbonyl (C=O) groups is 1. The summed E-state index contributed by atoms with van der Waals surface area (Å²) in [6.45, 7) is 4.41. The summed E-state index contributed by atoms with van der Waals surface area (Å²) in [5, 5.41) is 9.63. The number of hydrogen-bond donors (Lipinski definition) is 3. The summed E-state index contributed by atoms with van der Waals surface area (Å²) in [4.78, 5) is 14.6. The SMILES string of the molecule is B=C(OCC)c1c(NC(=O)NCc2c(Br)sc3c2CCNC3)sc2c1CCC(F)(F)C2. The van der Waals surface area contributed by atoms with Gasteiger partial charge in [0.25, 0.3) is 0 Å². The number of ether oxygens (including phenoxy) is 1. The van der Waals surface area contributed by atoms with Gasteiger partial charge in [-0.2, -0.15) is 0 Å². The molecule has 0 spiro atoms. The van der Waals surface area contributed by atoms with Gasteiger partial charge in [0, 0.05) is 0 Å². The molecule has 2 aromatic rings. The van der Waals surface area contributed by atoms with Gasteiger partial charge in [-0.05, 0) is 0 Å². The third-order valence-electron chi connectivity index (χ3n) is 5.49. The molecular weight excluding hydrogens is 507 g/mol. The van der Waals surface area contributed by atoms with Crippen LogP contribution in [0.5, 0.6) is 0 Å². The summed E-state index contributed by atoms with van der Waals surface area (Å²) >= 11 is 6.49. The first-order valence-corrected chi connectivity index (χ1v) is 12.6. The molecule has 31 heavy (non-hydrogen) atoms. The number of anilines is 1. The Morgan fingerprint density at radius 3 is 2.87 bits per heavy atom. The standard InChI is InChI=1S/C20H23BBrF2N3O2S2/c1-2-29-16(21)15-11-3-5-20(23,24)7-13(11)31-18(15)27-19(28)26-8-12-10-4-6-25-9-14(10)30-17(12)22/h21,25H,2-9H2,1H3,(H2,26,27,28). The van der Waals surface area contributed by atoms with Crippen LogP contribution in [0.25, 0.3) is 0 Å². The van der Waals surface area contributed by atoms with Gasteiger partial charge in [0.15, 0.2) is 0 Å². The van der Waals surface area contributed by atoms with Crippen LogP contribution in [-0.4, -0.2) is 38.2 Å². The molecule has 0 saturated carbocycles. The van der Waals surface area contributed by atoms with Crippen molar-refractivity contribution in [3.63, 3.8) is 0 Å². The summed E-state index contributed by atoms with van der Waals surface area (Å²) in [6, 6.07) is -0.378. The molecule has 5 nitrogen and oxygen atoms in total. The number of urea groups is 1. The topological polar surface area (TPSA) is 62.4 Å². The van der Waals surface area contributed by atoms with Crippen LogP contribution in [-0.2, 0) is 37.1 Å². The van der Waals surface area contributed by atoms with Crippen LogP contribution >= 0.6 is 38.6 Å². The summed E-state index contributed by atoms with van der Waals surface area (Å²) in [7, 11) is 3.96. The number of rotatable bonds is 6. The molecule has 3 N–H and O–H groups in total. The average Bonchev–Trinajstić information content (AvgIpc) is 3.21. The van der Waals surface area contributed by atoms with Crippen molar-refractivity contribution >= 4 is 62.8 Å². The maximum atomic E-state index is 13.9. The number of thiophene rings is 2. The number of amides is 2. The Morgan fingerprint density at radius 1 is 1.29 bits per heavy atom. The van der Waals surface area contributed by atoms with Gasteiger partial charge in [0.2, 0.25) is 0 Å². The molecule has 2 aromatic heterocycles. The normalized spacial score (nSPS) is 16.9. The van der Waals surface area contributed by atoms with Crippen molar-refractivity contribution in [2.75, 3.05) is 18.5 Å². The quantitative estimate of drug-likeness (QED) is 0.494. The van der Waals surface area contributed by atoms with Crippen molar-refractivity contribution < 1.29 is 18.3 Å². The summed E-state index contributed by atoms with van der Waals surface area (Å²) in [6.07, 6.45) is 0.650. The van der Waals surface area contributed by atoms with Crippen molar-refractivity contribution in [2.24, 2.45) is 0 Å². The molecule has 0 atom stereocenters. The second kappa shape index (κ2) is 9.29. The minimum atomic E-state index is -2.72. The summed E-state index contributed by atoms with van der Waals surface area (Å²) in [5.41, 5.74) is 4.25. The third-order valence-corrected chi connectivity index (χ3v) is 8.66. The van der Waals surface area contributed by atoms with Gasteiger partial charge < -0.3 is 0 Å². The van der Waals surface area contributed by atoms with E-state index < -0.39 is 5.92 Å².